The zero-order valence-electron chi connectivity index (χ0n) is 24.1. The van der Waals surface area contributed by atoms with E-state index >= 15 is 0 Å². The van der Waals surface area contributed by atoms with Gasteiger partial charge in [0.1, 0.15) is 12.6 Å². The van der Waals surface area contributed by atoms with E-state index in [2.05, 4.69) is 5.32 Å². The number of halogens is 2. The van der Waals surface area contributed by atoms with Crippen LogP contribution in [0.5, 0.6) is 11.5 Å². The molecule has 12 heteroatoms. The average Bonchev–Trinajstić information content (AvgIpc) is 2.97. The number of anilines is 1. The summed E-state index contributed by atoms with van der Waals surface area (Å²) in [5.74, 6) is -0.362. The molecule has 1 N–H and O–H groups in total. The molecule has 1 unspecified atom stereocenters. The van der Waals surface area contributed by atoms with Crippen LogP contribution in [0.15, 0.2) is 71.6 Å². The maximum Gasteiger partial charge on any atom is 0.264 e. The summed E-state index contributed by atoms with van der Waals surface area (Å²) in [5.41, 5.74) is 0.900. The Balaban J connectivity index is 2.09. The van der Waals surface area contributed by atoms with E-state index in [9.17, 15) is 18.0 Å². The Morgan fingerprint density at radius 3 is 2.14 bits per heavy atom. The normalized spacial score (nSPS) is 12.0. The molecule has 0 saturated heterocycles. The average molecular weight is 637 g/mol. The summed E-state index contributed by atoms with van der Waals surface area (Å²) in [6, 6.07) is 16.4. The molecule has 0 aliphatic rings. The SMILES string of the molecule is CCC(C(=O)NC(C)C)N(Cc1ccc(Cl)c(Cl)c1)C(=O)CN(c1ccccc1)S(=O)(=O)c1ccc(OC)c(OC)c1. The molecule has 3 rings (SSSR count). The third kappa shape index (κ3) is 7.87. The largest absolute Gasteiger partial charge is 0.493 e. The number of amides is 2. The molecular formula is C30H35Cl2N3O6S. The van der Waals surface area contributed by atoms with Crippen LogP contribution in [0, 0.1) is 0 Å². The zero-order valence-corrected chi connectivity index (χ0v) is 26.5. The van der Waals surface area contributed by atoms with Gasteiger partial charge >= 0.3 is 0 Å². The van der Waals surface area contributed by atoms with Crippen molar-refractivity contribution in [1.29, 1.82) is 0 Å². The number of carbonyl (C=O) groups excluding carboxylic acids is 2. The van der Waals surface area contributed by atoms with Gasteiger partial charge in [-0.2, -0.15) is 0 Å². The van der Waals surface area contributed by atoms with Gasteiger partial charge in [0.25, 0.3) is 10.0 Å². The molecule has 0 heterocycles. The fourth-order valence-corrected chi connectivity index (χ4v) is 6.11. The maximum absolute atomic E-state index is 14.1. The summed E-state index contributed by atoms with van der Waals surface area (Å²) in [4.78, 5) is 28.6. The van der Waals surface area contributed by atoms with E-state index in [0.717, 1.165) is 4.31 Å². The standard InChI is InChI=1S/C30H35Cl2N3O6S/c1-6-26(30(37)33-20(2)3)34(18-21-12-14-24(31)25(32)16-21)29(36)19-35(22-10-8-7-9-11-22)42(38,39)23-13-15-27(40-4)28(17-23)41-5/h7-17,20,26H,6,18-19H2,1-5H3,(H,33,37). The number of nitrogens with zero attached hydrogens (tertiary/aromatic N) is 2. The molecule has 42 heavy (non-hydrogen) atoms. The minimum absolute atomic E-state index is 0.00121. The summed E-state index contributed by atoms with van der Waals surface area (Å²) < 4.78 is 39.7. The van der Waals surface area contributed by atoms with Crippen molar-refractivity contribution in [3.8, 4) is 11.5 Å². The zero-order chi connectivity index (χ0) is 31.0. The second kappa shape index (κ2) is 14.6. The molecular weight excluding hydrogens is 601 g/mol. The number of carbonyl (C=O) groups is 2. The third-order valence-corrected chi connectivity index (χ3v) is 8.93. The molecule has 3 aromatic carbocycles. The minimum Gasteiger partial charge on any atom is -0.493 e. The number of nitrogens with one attached hydrogen (secondary N) is 1. The molecule has 0 fully saturated rings. The van der Waals surface area contributed by atoms with Crippen LogP contribution in [0.1, 0.15) is 32.8 Å². The van der Waals surface area contributed by atoms with Gasteiger partial charge in [-0.1, -0.05) is 54.4 Å². The molecule has 0 aromatic heterocycles. The molecule has 3 aromatic rings. The van der Waals surface area contributed by atoms with Crippen LogP contribution >= 0.6 is 23.2 Å². The Morgan fingerprint density at radius 2 is 1.57 bits per heavy atom. The lowest BCUT2D eigenvalue weighted by Gasteiger charge is -2.33. The van der Waals surface area contributed by atoms with Gasteiger partial charge in [0.2, 0.25) is 11.8 Å². The molecule has 2 amide bonds. The number of hydrogen-bond donors (Lipinski definition) is 1. The van der Waals surface area contributed by atoms with Gasteiger partial charge in [-0.05, 0) is 62.2 Å². The number of rotatable bonds is 13. The maximum atomic E-state index is 14.1. The predicted octanol–water partition coefficient (Wildman–Crippen LogP) is 5.54. The number of hydrogen-bond acceptors (Lipinski definition) is 6. The van der Waals surface area contributed by atoms with Gasteiger partial charge in [0.15, 0.2) is 11.5 Å². The van der Waals surface area contributed by atoms with Crippen LogP contribution in [0.2, 0.25) is 10.0 Å². The first-order valence-electron chi connectivity index (χ1n) is 13.3. The van der Waals surface area contributed by atoms with E-state index in [1.165, 1.54) is 37.3 Å². The number of methoxy groups -OCH3 is 2. The Morgan fingerprint density at radius 1 is 0.905 bits per heavy atom. The topological polar surface area (TPSA) is 105 Å². The number of benzene rings is 3. The van der Waals surface area contributed by atoms with Crippen LogP contribution in [0.3, 0.4) is 0 Å². The van der Waals surface area contributed by atoms with Crippen molar-refractivity contribution >= 4 is 50.7 Å². The lowest BCUT2D eigenvalue weighted by atomic mass is 10.1. The summed E-state index contributed by atoms with van der Waals surface area (Å²) in [7, 11) is -1.44. The first-order chi connectivity index (χ1) is 19.9. The third-order valence-electron chi connectivity index (χ3n) is 6.42. The second-order valence-electron chi connectivity index (χ2n) is 9.72. The van der Waals surface area contributed by atoms with Gasteiger partial charge in [-0.15, -0.1) is 0 Å². The van der Waals surface area contributed by atoms with E-state index in [1.54, 1.807) is 55.5 Å². The smallest absolute Gasteiger partial charge is 0.264 e. The summed E-state index contributed by atoms with van der Waals surface area (Å²) in [6.07, 6.45) is 0.291. The van der Waals surface area contributed by atoms with Gasteiger partial charge in [-0.3, -0.25) is 13.9 Å². The second-order valence-corrected chi connectivity index (χ2v) is 12.4. The minimum atomic E-state index is -4.29. The fraction of sp³-hybridized carbons (Fsp3) is 0.333. The van der Waals surface area contributed by atoms with Crippen LogP contribution in [0.25, 0.3) is 0 Å². The van der Waals surface area contributed by atoms with Crippen LogP contribution in [-0.2, 0) is 26.2 Å². The molecule has 226 valence electrons. The van der Waals surface area contributed by atoms with Gasteiger partial charge in [0, 0.05) is 18.7 Å². The predicted molar refractivity (Wildman–Crippen MR) is 165 cm³/mol. The molecule has 0 radical (unpaired) electrons. The molecule has 1 atom stereocenters. The van der Waals surface area contributed by atoms with Crippen molar-refractivity contribution in [3.63, 3.8) is 0 Å². The van der Waals surface area contributed by atoms with Crippen molar-refractivity contribution in [3.05, 3.63) is 82.3 Å². The highest BCUT2D eigenvalue weighted by Crippen LogP contribution is 2.32. The Labute approximate surface area is 257 Å². The first kappa shape index (κ1) is 33.0. The summed E-state index contributed by atoms with van der Waals surface area (Å²) in [6.45, 7) is 4.85. The first-order valence-corrected chi connectivity index (χ1v) is 15.5. The lowest BCUT2D eigenvalue weighted by molar-refractivity contribution is -0.140. The molecule has 0 bridgehead atoms. The van der Waals surface area contributed by atoms with Crippen molar-refractivity contribution < 1.29 is 27.5 Å². The molecule has 0 aliphatic heterocycles. The fourth-order valence-electron chi connectivity index (χ4n) is 4.36. The highest BCUT2D eigenvalue weighted by molar-refractivity contribution is 7.92. The number of ether oxygens (including phenoxy) is 2. The molecule has 9 nitrogen and oxygen atoms in total. The van der Waals surface area contributed by atoms with Crippen LogP contribution in [-0.4, -0.2) is 58.0 Å². The highest BCUT2D eigenvalue weighted by Gasteiger charge is 2.34. The van der Waals surface area contributed by atoms with E-state index in [4.69, 9.17) is 32.7 Å². The number of sulfonamides is 1. The van der Waals surface area contributed by atoms with E-state index in [-0.39, 0.29) is 34.8 Å². The number of para-hydroxylation sites is 1. The van der Waals surface area contributed by atoms with Crippen molar-refractivity contribution in [1.82, 2.24) is 10.2 Å². The van der Waals surface area contributed by atoms with Gasteiger partial charge in [0.05, 0.1) is 34.8 Å². The van der Waals surface area contributed by atoms with Crippen LogP contribution < -0.4 is 19.1 Å². The molecule has 0 spiro atoms. The summed E-state index contributed by atoms with van der Waals surface area (Å²) in [5, 5.41) is 3.50. The van der Waals surface area contributed by atoms with Crippen LogP contribution in [0.4, 0.5) is 5.69 Å². The molecule has 0 saturated carbocycles. The van der Waals surface area contributed by atoms with Crippen molar-refractivity contribution in [2.75, 3.05) is 25.1 Å². The lowest BCUT2D eigenvalue weighted by Crippen LogP contribution is -2.53. The highest BCUT2D eigenvalue weighted by atomic mass is 35.5. The molecule has 0 aliphatic carbocycles. The Kier molecular flexibility index (Phi) is 11.5. The van der Waals surface area contributed by atoms with Gasteiger partial charge in [-0.25, -0.2) is 8.42 Å². The van der Waals surface area contributed by atoms with Crippen molar-refractivity contribution in [2.24, 2.45) is 0 Å². The quantitative estimate of drug-likeness (QED) is 0.264. The van der Waals surface area contributed by atoms with Gasteiger partial charge < -0.3 is 19.7 Å². The Bertz CT molecular complexity index is 1500. The van der Waals surface area contributed by atoms with E-state index in [1.807, 2.05) is 13.8 Å². The Hall–Kier alpha value is -3.47. The summed E-state index contributed by atoms with van der Waals surface area (Å²) >= 11 is 12.3. The van der Waals surface area contributed by atoms with E-state index < -0.39 is 28.5 Å². The monoisotopic (exact) mass is 635 g/mol. The van der Waals surface area contributed by atoms with Crippen molar-refractivity contribution in [2.45, 2.75) is 50.7 Å². The van der Waals surface area contributed by atoms with E-state index in [0.29, 0.717) is 27.8 Å².